The predicted molar refractivity (Wildman–Crippen MR) is 72.7 cm³/mol. The zero-order valence-electron chi connectivity index (χ0n) is 11.2. The summed E-state index contributed by atoms with van der Waals surface area (Å²) >= 11 is 0. The number of hydrogen-bond acceptors (Lipinski definition) is 2. The number of amides is 1. The van der Waals surface area contributed by atoms with E-state index in [1.165, 1.54) is 5.56 Å². The fraction of sp³-hybridized carbons (Fsp3) is 0.533. The lowest BCUT2D eigenvalue weighted by Gasteiger charge is -2.22. The van der Waals surface area contributed by atoms with Gasteiger partial charge in [-0.3, -0.25) is 4.79 Å². The third kappa shape index (κ3) is 1.37. The van der Waals surface area contributed by atoms with Crippen LogP contribution < -0.4 is 11.1 Å². The van der Waals surface area contributed by atoms with Crippen molar-refractivity contribution in [3.8, 4) is 0 Å². The lowest BCUT2D eigenvalue weighted by molar-refractivity contribution is -0.119. The minimum Gasteiger partial charge on any atom is -0.327 e. The average Bonchev–Trinajstić information content (AvgIpc) is 3.06. The fourth-order valence-electron chi connectivity index (χ4n) is 3.02. The number of fused-ring (bicyclic) bond motifs is 1. The van der Waals surface area contributed by atoms with Crippen LogP contribution in [0.2, 0.25) is 0 Å². The minimum absolute atomic E-state index is 0.0836. The molecule has 1 unspecified atom stereocenters. The molecule has 1 fully saturated rings. The molecule has 0 spiro atoms. The van der Waals surface area contributed by atoms with Gasteiger partial charge in [-0.2, -0.15) is 0 Å². The molecule has 1 aromatic carbocycles. The van der Waals surface area contributed by atoms with Gasteiger partial charge in [0.25, 0.3) is 0 Å². The summed E-state index contributed by atoms with van der Waals surface area (Å²) in [4.78, 5) is 11.9. The second-order valence-corrected chi connectivity index (χ2v) is 6.28. The van der Waals surface area contributed by atoms with Gasteiger partial charge in [-0.05, 0) is 50.8 Å². The number of hydrogen-bond donors (Lipinski definition) is 2. The quantitative estimate of drug-likeness (QED) is 0.838. The van der Waals surface area contributed by atoms with Gasteiger partial charge >= 0.3 is 0 Å². The summed E-state index contributed by atoms with van der Waals surface area (Å²) < 4.78 is 0. The smallest absolute Gasteiger partial charge is 0.234 e. The van der Waals surface area contributed by atoms with Crippen LogP contribution >= 0.6 is 0 Å². The van der Waals surface area contributed by atoms with E-state index < -0.39 is 5.41 Å². The van der Waals surface area contributed by atoms with Crippen LogP contribution in [0.5, 0.6) is 0 Å². The zero-order valence-corrected chi connectivity index (χ0v) is 11.2. The van der Waals surface area contributed by atoms with E-state index in [9.17, 15) is 4.79 Å². The van der Waals surface area contributed by atoms with Gasteiger partial charge in [-0.1, -0.05) is 12.1 Å². The van der Waals surface area contributed by atoms with Gasteiger partial charge < -0.3 is 11.1 Å². The van der Waals surface area contributed by atoms with Gasteiger partial charge in [-0.15, -0.1) is 0 Å². The zero-order chi connectivity index (χ0) is 13.1. The van der Waals surface area contributed by atoms with Crippen molar-refractivity contribution < 1.29 is 4.79 Å². The number of benzene rings is 1. The van der Waals surface area contributed by atoms with E-state index in [1.54, 1.807) is 0 Å². The van der Waals surface area contributed by atoms with E-state index in [-0.39, 0.29) is 17.4 Å². The molecule has 96 valence electrons. The molecule has 18 heavy (non-hydrogen) atoms. The largest absolute Gasteiger partial charge is 0.327 e. The van der Waals surface area contributed by atoms with E-state index in [0.717, 1.165) is 24.1 Å². The Labute approximate surface area is 108 Å². The van der Waals surface area contributed by atoms with Crippen LogP contribution in [0.3, 0.4) is 0 Å². The molecule has 0 bridgehead atoms. The monoisotopic (exact) mass is 244 g/mol. The van der Waals surface area contributed by atoms with Crippen LogP contribution in [-0.2, 0) is 15.6 Å². The molecule has 2 aliphatic rings. The Bertz CT molecular complexity index is 527. The van der Waals surface area contributed by atoms with E-state index >= 15 is 0 Å². The highest BCUT2D eigenvalue weighted by atomic mass is 16.2. The average molecular weight is 244 g/mol. The highest BCUT2D eigenvalue weighted by molar-refractivity contribution is 6.05. The van der Waals surface area contributed by atoms with Crippen molar-refractivity contribution in [1.29, 1.82) is 0 Å². The van der Waals surface area contributed by atoms with Crippen molar-refractivity contribution >= 4 is 11.6 Å². The summed E-state index contributed by atoms with van der Waals surface area (Å²) in [7, 11) is 0. The van der Waals surface area contributed by atoms with E-state index in [1.807, 2.05) is 19.9 Å². The molecule has 1 heterocycles. The Morgan fingerprint density at radius 2 is 2.00 bits per heavy atom. The molecule has 3 rings (SSSR count). The maximum atomic E-state index is 11.9. The Kier molecular flexibility index (Phi) is 2.18. The Balaban J connectivity index is 2.08. The van der Waals surface area contributed by atoms with E-state index in [4.69, 9.17) is 5.73 Å². The third-order valence-corrected chi connectivity index (χ3v) is 4.74. The summed E-state index contributed by atoms with van der Waals surface area (Å²) in [5.41, 5.74) is 9.19. The summed E-state index contributed by atoms with van der Waals surface area (Å²) in [6.07, 6.45) is 2.32. The lowest BCUT2D eigenvalue weighted by Crippen LogP contribution is -2.32. The van der Waals surface area contributed by atoms with Gasteiger partial charge in [0.1, 0.15) is 0 Å². The second kappa shape index (κ2) is 3.35. The van der Waals surface area contributed by atoms with Gasteiger partial charge in [0.15, 0.2) is 0 Å². The van der Waals surface area contributed by atoms with E-state index in [0.29, 0.717) is 0 Å². The van der Waals surface area contributed by atoms with Crippen LogP contribution in [-0.4, -0.2) is 11.9 Å². The van der Waals surface area contributed by atoms with Gasteiger partial charge in [0, 0.05) is 17.1 Å². The van der Waals surface area contributed by atoms with Gasteiger partial charge in [-0.25, -0.2) is 0 Å². The number of carbonyl (C=O) groups is 1. The topological polar surface area (TPSA) is 55.1 Å². The van der Waals surface area contributed by atoms with Crippen molar-refractivity contribution in [3.05, 3.63) is 29.3 Å². The Morgan fingerprint density at radius 3 is 2.56 bits per heavy atom. The number of anilines is 1. The van der Waals surface area contributed by atoms with Crippen molar-refractivity contribution in [2.24, 2.45) is 5.73 Å². The summed E-state index contributed by atoms with van der Waals surface area (Å²) in [6.45, 7) is 6.03. The first-order valence-electron chi connectivity index (χ1n) is 6.60. The summed E-state index contributed by atoms with van der Waals surface area (Å²) in [6, 6.07) is 6.50. The highest BCUT2D eigenvalue weighted by Crippen LogP contribution is 2.52. The van der Waals surface area contributed by atoms with Crippen LogP contribution in [0.4, 0.5) is 5.69 Å². The predicted octanol–water partition coefficient (Wildman–Crippen LogP) is 2.30. The molecule has 1 aromatic rings. The SMILES string of the molecule is CC(N)C1(c2ccc3c(c2)C(C)(C)C(=O)N3)CC1. The molecule has 0 aromatic heterocycles. The van der Waals surface area contributed by atoms with Crippen LogP contribution in [0.1, 0.15) is 44.7 Å². The second-order valence-electron chi connectivity index (χ2n) is 6.28. The molecule has 3 heteroatoms. The molecule has 1 atom stereocenters. The first kappa shape index (κ1) is 11.7. The van der Waals surface area contributed by atoms with Gasteiger partial charge in [0.2, 0.25) is 5.91 Å². The van der Waals surface area contributed by atoms with Crippen LogP contribution in [0, 0.1) is 0 Å². The van der Waals surface area contributed by atoms with Crippen molar-refractivity contribution in [1.82, 2.24) is 0 Å². The maximum absolute atomic E-state index is 11.9. The molecule has 3 nitrogen and oxygen atoms in total. The first-order chi connectivity index (χ1) is 8.38. The number of carbonyl (C=O) groups excluding carboxylic acids is 1. The molecule has 3 N–H and O–H groups in total. The third-order valence-electron chi connectivity index (χ3n) is 4.74. The molecule has 1 aliphatic carbocycles. The van der Waals surface area contributed by atoms with Crippen molar-refractivity contribution in [2.45, 2.75) is 50.5 Å². The number of nitrogens with one attached hydrogen (secondary N) is 1. The molecule has 1 amide bonds. The van der Waals surface area contributed by atoms with Gasteiger partial charge in [0.05, 0.1) is 5.41 Å². The molecule has 1 aliphatic heterocycles. The van der Waals surface area contributed by atoms with Crippen molar-refractivity contribution in [2.75, 3.05) is 5.32 Å². The standard InChI is InChI=1S/C15H20N2O/c1-9(16)15(6-7-15)10-4-5-12-11(8-10)14(2,3)13(18)17-12/h4-5,8-9H,6-7,16H2,1-3H3,(H,17,18). The van der Waals surface area contributed by atoms with Crippen molar-refractivity contribution in [3.63, 3.8) is 0 Å². The lowest BCUT2D eigenvalue weighted by atomic mass is 9.82. The molecule has 0 radical (unpaired) electrons. The Hall–Kier alpha value is -1.35. The summed E-state index contributed by atoms with van der Waals surface area (Å²) in [5, 5.41) is 2.95. The first-order valence-corrected chi connectivity index (χ1v) is 6.60. The number of nitrogens with two attached hydrogens (primary N) is 1. The number of rotatable bonds is 2. The summed E-state index contributed by atoms with van der Waals surface area (Å²) in [5.74, 6) is 0.0836. The normalized spacial score (nSPS) is 24.3. The minimum atomic E-state index is -0.431. The molecular formula is C15H20N2O. The molecule has 0 saturated heterocycles. The van der Waals surface area contributed by atoms with E-state index in [2.05, 4.69) is 24.4 Å². The van der Waals surface area contributed by atoms with Crippen LogP contribution in [0.25, 0.3) is 0 Å². The molecule has 1 saturated carbocycles. The molecular weight excluding hydrogens is 224 g/mol. The fourth-order valence-corrected chi connectivity index (χ4v) is 3.02. The maximum Gasteiger partial charge on any atom is 0.234 e. The van der Waals surface area contributed by atoms with Crippen LogP contribution in [0.15, 0.2) is 18.2 Å². The highest BCUT2D eigenvalue weighted by Gasteiger charge is 2.48. The Morgan fingerprint density at radius 1 is 1.33 bits per heavy atom.